The van der Waals surface area contributed by atoms with Gasteiger partial charge in [0.15, 0.2) is 0 Å². The SMILES string of the molecule is Cc1cc2n(n1)C(N1CCCCC1)=NS(=O)(=O)O2. The van der Waals surface area contributed by atoms with E-state index in [1.54, 1.807) is 13.0 Å². The van der Waals surface area contributed by atoms with Crippen LogP contribution in [0.5, 0.6) is 5.88 Å². The number of nitrogens with zero attached hydrogens (tertiary/aromatic N) is 4. The number of aromatic nitrogens is 2. The number of fused-ring (bicyclic) bond motifs is 1. The van der Waals surface area contributed by atoms with Gasteiger partial charge in [-0.05, 0) is 26.2 Å². The molecule has 0 unspecified atom stereocenters. The lowest BCUT2D eigenvalue weighted by Crippen LogP contribution is -2.43. The van der Waals surface area contributed by atoms with Gasteiger partial charge in [-0.3, -0.25) is 0 Å². The maximum absolute atomic E-state index is 11.6. The molecule has 0 atom stereocenters. The molecule has 1 aromatic heterocycles. The van der Waals surface area contributed by atoms with Crippen LogP contribution < -0.4 is 4.18 Å². The Labute approximate surface area is 105 Å². The third-order valence-corrected chi connectivity index (χ3v) is 3.78. The van der Waals surface area contributed by atoms with Crippen molar-refractivity contribution >= 4 is 16.3 Å². The van der Waals surface area contributed by atoms with E-state index in [0.29, 0.717) is 11.7 Å². The predicted octanol–water partition coefficient (Wildman–Crippen LogP) is 0.519. The van der Waals surface area contributed by atoms with E-state index in [1.165, 1.54) is 4.68 Å². The van der Waals surface area contributed by atoms with Crippen LogP contribution >= 0.6 is 0 Å². The first kappa shape index (κ1) is 11.5. The Kier molecular flexibility index (Phi) is 2.54. The van der Waals surface area contributed by atoms with E-state index in [0.717, 1.165) is 32.4 Å². The summed E-state index contributed by atoms with van der Waals surface area (Å²) in [6, 6.07) is 1.59. The van der Waals surface area contributed by atoms with Crippen molar-refractivity contribution in [1.82, 2.24) is 14.7 Å². The van der Waals surface area contributed by atoms with Gasteiger partial charge in [-0.1, -0.05) is 4.40 Å². The van der Waals surface area contributed by atoms with Crippen molar-refractivity contribution in [2.24, 2.45) is 4.40 Å². The molecule has 7 nitrogen and oxygen atoms in total. The minimum absolute atomic E-state index is 0.211. The molecule has 0 bridgehead atoms. The van der Waals surface area contributed by atoms with Crippen molar-refractivity contribution in [3.8, 4) is 5.88 Å². The maximum atomic E-state index is 11.6. The molecular weight excluding hydrogens is 256 g/mol. The Morgan fingerprint density at radius 2 is 2.00 bits per heavy atom. The van der Waals surface area contributed by atoms with Crippen molar-refractivity contribution in [1.29, 1.82) is 0 Å². The maximum Gasteiger partial charge on any atom is 0.433 e. The first-order chi connectivity index (χ1) is 8.55. The molecule has 0 saturated carbocycles. The minimum Gasteiger partial charge on any atom is -0.344 e. The fourth-order valence-electron chi connectivity index (χ4n) is 2.23. The van der Waals surface area contributed by atoms with Gasteiger partial charge in [0.25, 0.3) is 0 Å². The summed E-state index contributed by atoms with van der Waals surface area (Å²) in [4.78, 5) is 1.94. The number of aryl methyl sites for hydroxylation is 1. The number of piperidine rings is 1. The second-order valence-corrected chi connectivity index (χ2v) is 5.69. The van der Waals surface area contributed by atoms with Crippen LogP contribution in [-0.2, 0) is 10.3 Å². The summed E-state index contributed by atoms with van der Waals surface area (Å²) in [6.07, 6.45) is 3.24. The zero-order valence-corrected chi connectivity index (χ0v) is 10.9. The van der Waals surface area contributed by atoms with E-state index < -0.39 is 10.3 Å². The summed E-state index contributed by atoms with van der Waals surface area (Å²) in [5.74, 6) is 0.562. The molecule has 1 fully saturated rings. The zero-order chi connectivity index (χ0) is 12.8. The van der Waals surface area contributed by atoms with Gasteiger partial charge < -0.3 is 9.08 Å². The monoisotopic (exact) mass is 270 g/mol. The van der Waals surface area contributed by atoms with E-state index in [2.05, 4.69) is 9.50 Å². The predicted molar refractivity (Wildman–Crippen MR) is 64.8 cm³/mol. The first-order valence-corrected chi connectivity index (χ1v) is 7.28. The molecule has 1 aromatic rings. The Balaban J connectivity index is 2.06. The average Bonchev–Trinajstić information content (AvgIpc) is 2.68. The number of likely N-dealkylation sites (tertiary alicyclic amines) is 1. The summed E-state index contributed by atoms with van der Waals surface area (Å²) in [5.41, 5.74) is 0.701. The topological polar surface area (TPSA) is 76.8 Å². The van der Waals surface area contributed by atoms with Gasteiger partial charge in [0, 0.05) is 19.2 Å². The van der Waals surface area contributed by atoms with Crippen LogP contribution in [0.15, 0.2) is 10.5 Å². The van der Waals surface area contributed by atoms with Crippen LogP contribution in [0.1, 0.15) is 25.0 Å². The van der Waals surface area contributed by atoms with Crippen molar-refractivity contribution in [3.05, 3.63) is 11.8 Å². The van der Waals surface area contributed by atoms with E-state index in [-0.39, 0.29) is 5.88 Å². The van der Waals surface area contributed by atoms with Crippen LogP contribution in [-0.4, -0.2) is 42.1 Å². The standard InChI is InChI=1S/C10H14N4O3S/c1-8-7-9-14(11-8)10(12-18(15,16)17-9)13-5-3-2-4-6-13/h7H,2-6H2,1H3. The van der Waals surface area contributed by atoms with Gasteiger partial charge >= 0.3 is 10.3 Å². The summed E-state index contributed by atoms with van der Waals surface area (Å²) < 4.78 is 33.2. The van der Waals surface area contributed by atoms with Crippen LogP contribution in [0.3, 0.4) is 0 Å². The lowest BCUT2D eigenvalue weighted by Gasteiger charge is -2.30. The first-order valence-electron chi connectivity index (χ1n) is 5.91. The third-order valence-electron chi connectivity index (χ3n) is 3.01. The number of hydrogen-bond donors (Lipinski definition) is 0. The summed E-state index contributed by atoms with van der Waals surface area (Å²) in [5, 5.41) is 4.23. The van der Waals surface area contributed by atoms with Crippen LogP contribution in [0.2, 0.25) is 0 Å². The zero-order valence-electron chi connectivity index (χ0n) is 10.0. The third kappa shape index (κ3) is 1.96. The summed E-state index contributed by atoms with van der Waals surface area (Å²) >= 11 is 0. The summed E-state index contributed by atoms with van der Waals surface area (Å²) in [6.45, 7) is 3.38. The van der Waals surface area contributed by atoms with Crippen molar-refractivity contribution < 1.29 is 12.6 Å². The van der Waals surface area contributed by atoms with Gasteiger partial charge in [-0.2, -0.15) is 18.2 Å². The molecule has 0 amide bonds. The van der Waals surface area contributed by atoms with Crippen molar-refractivity contribution in [2.45, 2.75) is 26.2 Å². The molecule has 3 heterocycles. The second-order valence-electron chi connectivity index (χ2n) is 4.49. The molecule has 0 aliphatic carbocycles. The highest BCUT2D eigenvalue weighted by Crippen LogP contribution is 2.23. The van der Waals surface area contributed by atoms with Crippen LogP contribution in [0.25, 0.3) is 0 Å². The van der Waals surface area contributed by atoms with Gasteiger partial charge in [0.1, 0.15) is 0 Å². The molecule has 0 spiro atoms. The normalized spacial score (nSPS) is 22.1. The van der Waals surface area contributed by atoms with Gasteiger partial charge in [-0.25, -0.2) is 0 Å². The smallest absolute Gasteiger partial charge is 0.344 e. The average molecular weight is 270 g/mol. The van der Waals surface area contributed by atoms with E-state index >= 15 is 0 Å². The fourth-order valence-corrected chi connectivity index (χ4v) is 2.99. The Morgan fingerprint density at radius 1 is 1.28 bits per heavy atom. The fraction of sp³-hybridized carbons (Fsp3) is 0.600. The molecule has 0 radical (unpaired) electrons. The van der Waals surface area contributed by atoms with E-state index in [9.17, 15) is 8.42 Å². The largest absolute Gasteiger partial charge is 0.433 e. The molecule has 0 aromatic carbocycles. The van der Waals surface area contributed by atoms with Gasteiger partial charge in [0.2, 0.25) is 11.8 Å². The Morgan fingerprint density at radius 3 is 2.72 bits per heavy atom. The van der Waals surface area contributed by atoms with E-state index in [4.69, 9.17) is 4.18 Å². The van der Waals surface area contributed by atoms with Gasteiger partial charge in [-0.15, -0.1) is 0 Å². The molecule has 8 heteroatoms. The number of rotatable bonds is 0. The van der Waals surface area contributed by atoms with Crippen LogP contribution in [0.4, 0.5) is 0 Å². The minimum atomic E-state index is -3.90. The van der Waals surface area contributed by atoms with Crippen molar-refractivity contribution in [3.63, 3.8) is 0 Å². The number of hydrogen-bond acceptors (Lipinski definition) is 5. The molecule has 3 rings (SSSR count). The summed E-state index contributed by atoms with van der Waals surface area (Å²) in [7, 11) is -3.90. The van der Waals surface area contributed by atoms with E-state index in [1.807, 2.05) is 4.90 Å². The van der Waals surface area contributed by atoms with Gasteiger partial charge in [0.05, 0.1) is 5.69 Å². The highest BCUT2D eigenvalue weighted by atomic mass is 32.2. The molecule has 18 heavy (non-hydrogen) atoms. The molecule has 98 valence electrons. The van der Waals surface area contributed by atoms with Crippen molar-refractivity contribution in [2.75, 3.05) is 13.1 Å². The highest BCUT2D eigenvalue weighted by molar-refractivity contribution is 7.86. The Hall–Kier alpha value is -1.57. The van der Waals surface area contributed by atoms with Crippen LogP contribution in [0, 0.1) is 6.92 Å². The molecule has 0 N–H and O–H groups in total. The Bertz CT molecular complexity index is 599. The lowest BCUT2D eigenvalue weighted by molar-refractivity contribution is 0.324. The molecular formula is C10H14N4O3S. The second kappa shape index (κ2) is 3.98. The molecule has 2 aliphatic rings. The molecule has 2 aliphatic heterocycles. The molecule has 1 saturated heterocycles. The highest BCUT2D eigenvalue weighted by Gasteiger charge is 2.30. The lowest BCUT2D eigenvalue weighted by atomic mass is 10.1. The quantitative estimate of drug-likeness (QED) is 0.687.